The van der Waals surface area contributed by atoms with Gasteiger partial charge in [0.25, 0.3) is 0 Å². The van der Waals surface area contributed by atoms with E-state index < -0.39 is 6.11 Å². The number of nitrogens with one attached hydrogen (secondary N) is 1. The summed E-state index contributed by atoms with van der Waals surface area (Å²) in [6.45, 7) is 7.48. The lowest BCUT2D eigenvalue weighted by Gasteiger charge is -2.19. The lowest BCUT2D eigenvalue weighted by atomic mass is 10.1. The van der Waals surface area contributed by atoms with Crippen LogP contribution in [-0.4, -0.2) is 19.3 Å². The summed E-state index contributed by atoms with van der Waals surface area (Å²) >= 11 is 0. The first-order valence-corrected chi connectivity index (χ1v) is 5.99. The van der Waals surface area contributed by atoms with Crippen LogP contribution in [0.3, 0.4) is 0 Å². The molecule has 0 radical (unpaired) electrons. The number of rotatable bonds is 10. The molecule has 0 amide bonds. The van der Waals surface area contributed by atoms with Crippen molar-refractivity contribution in [2.24, 2.45) is 0 Å². The summed E-state index contributed by atoms with van der Waals surface area (Å²) in [5.74, 6) is 0. The van der Waals surface area contributed by atoms with Crippen LogP contribution >= 0.6 is 0 Å². The van der Waals surface area contributed by atoms with Crippen molar-refractivity contribution in [3.8, 4) is 0 Å². The topological polar surface area (TPSA) is 21.3 Å². The van der Waals surface area contributed by atoms with E-state index in [1.165, 1.54) is 19.8 Å². The molecule has 0 atom stereocenters. The summed E-state index contributed by atoms with van der Waals surface area (Å²) in [6, 6.07) is 0. The predicted molar refractivity (Wildman–Crippen MR) is 62.5 cm³/mol. The van der Waals surface area contributed by atoms with Crippen LogP contribution in [0, 0.1) is 0 Å². The molecule has 0 bridgehead atoms. The Bertz CT molecular complexity index is 195. The van der Waals surface area contributed by atoms with Gasteiger partial charge < -0.3 is 10.1 Å². The molecule has 0 rings (SSSR count). The van der Waals surface area contributed by atoms with Crippen molar-refractivity contribution < 1.29 is 13.5 Å². The molecule has 0 fully saturated rings. The second-order valence-electron chi connectivity index (χ2n) is 3.77. The Morgan fingerprint density at radius 1 is 1.19 bits per heavy atom. The van der Waals surface area contributed by atoms with Crippen molar-refractivity contribution >= 4 is 0 Å². The zero-order chi connectivity index (χ0) is 12.4. The van der Waals surface area contributed by atoms with Crippen LogP contribution in [0.1, 0.15) is 46.0 Å². The van der Waals surface area contributed by atoms with Gasteiger partial charge in [0.2, 0.25) is 0 Å². The zero-order valence-corrected chi connectivity index (χ0v) is 10.3. The van der Waals surface area contributed by atoms with Gasteiger partial charge in [-0.15, -0.1) is 0 Å². The molecular formula is C12H23F2NO. The van der Waals surface area contributed by atoms with Crippen LogP contribution in [0.15, 0.2) is 12.3 Å². The number of ether oxygens (including phenoxy) is 1. The van der Waals surface area contributed by atoms with Crippen LogP contribution < -0.4 is 5.32 Å². The summed E-state index contributed by atoms with van der Waals surface area (Å²) < 4.78 is 30.4. The maximum Gasteiger partial charge on any atom is 0.397 e. The summed E-state index contributed by atoms with van der Waals surface area (Å²) in [4.78, 5) is 0. The molecule has 16 heavy (non-hydrogen) atoms. The van der Waals surface area contributed by atoms with Crippen molar-refractivity contribution in [3.05, 3.63) is 12.3 Å². The van der Waals surface area contributed by atoms with Gasteiger partial charge >= 0.3 is 6.11 Å². The summed E-state index contributed by atoms with van der Waals surface area (Å²) in [6.07, 6.45) is 2.25. The molecular weight excluding hydrogens is 212 g/mol. The number of alkyl halides is 2. The Hall–Kier alpha value is -0.640. The molecule has 4 heteroatoms. The van der Waals surface area contributed by atoms with Crippen LogP contribution in [0.5, 0.6) is 0 Å². The van der Waals surface area contributed by atoms with E-state index in [-0.39, 0.29) is 12.3 Å². The van der Waals surface area contributed by atoms with E-state index in [9.17, 15) is 8.78 Å². The van der Waals surface area contributed by atoms with Crippen molar-refractivity contribution in [1.29, 1.82) is 0 Å². The van der Waals surface area contributed by atoms with Crippen LogP contribution in [0.4, 0.5) is 8.78 Å². The van der Waals surface area contributed by atoms with E-state index in [0.29, 0.717) is 6.54 Å². The van der Waals surface area contributed by atoms with Gasteiger partial charge in [0.05, 0.1) is 6.61 Å². The summed E-state index contributed by atoms with van der Waals surface area (Å²) in [5, 5.41) is 2.62. The van der Waals surface area contributed by atoms with Gasteiger partial charge in [0, 0.05) is 6.54 Å². The number of halogens is 2. The third-order valence-corrected chi connectivity index (χ3v) is 2.30. The van der Waals surface area contributed by atoms with Crippen molar-refractivity contribution in [2.75, 3.05) is 13.2 Å². The smallest absolute Gasteiger partial charge is 0.382 e. The first kappa shape index (κ1) is 15.4. The van der Waals surface area contributed by atoms with Crippen molar-refractivity contribution in [2.45, 2.75) is 52.1 Å². The predicted octanol–water partition coefficient (Wildman–Crippen LogP) is 3.69. The third kappa shape index (κ3) is 6.77. The minimum atomic E-state index is -3.25. The van der Waals surface area contributed by atoms with E-state index in [0.717, 1.165) is 19.3 Å². The standard InChI is InChI=1S/C12H23F2NO/c1-4-6-7-8-9-10-15-11(3)12(13,14)16-5-2/h15H,3-10H2,1-2H3. The van der Waals surface area contributed by atoms with Gasteiger partial charge in [-0.05, 0) is 13.3 Å². The molecule has 0 heterocycles. The highest BCUT2D eigenvalue weighted by molar-refractivity contribution is 4.99. The van der Waals surface area contributed by atoms with Gasteiger partial charge in [-0.3, -0.25) is 0 Å². The fraction of sp³-hybridized carbons (Fsp3) is 0.833. The van der Waals surface area contributed by atoms with Gasteiger partial charge in [-0.2, -0.15) is 8.78 Å². The average molecular weight is 235 g/mol. The Morgan fingerprint density at radius 3 is 2.38 bits per heavy atom. The molecule has 0 saturated carbocycles. The minimum absolute atomic E-state index is 0.0236. The summed E-state index contributed by atoms with van der Waals surface area (Å²) in [7, 11) is 0. The third-order valence-electron chi connectivity index (χ3n) is 2.30. The fourth-order valence-electron chi connectivity index (χ4n) is 1.34. The van der Waals surface area contributed by atoms with E-state index in [1.54, 1.807) is 0 Å². The molecule has 0 aliphatic rings. The van der Waals surface area contributed by atoms with Gasteiger partial charge in [0.1, 0.15) is 5.70 Å². The maximum absolute atomic E-state index is 13.1. The van der Waals surface area contributed by atoms with E-state index in [4.69, 9.17) is 0 Å². The molecule has 0 aromatic rings. The maximum atomic E-state index is 13.1. The van der Waals surface area contributed by atoms with E-state index >= 15 is 0 Å². The molecule has 2 nitrogen and oxygen atoms in total. The molecule has 1 N–H and O–H groups in total. The zero-order valence-electron chi connectivity index (χ0n) is 10.3. The highest BCUT2D eigenvalue weighted by Crippen LogP contribution is 2.21. The lowest BCUT2D eigenvalue weighted by Crippen LogP contribution is -2.32. The molecule has 0 aliphatic carbocycles. The highest BCUT2D eigenvalue weighted by atomic mass is 19.3. The molecule has 96 valence electrons. The van der Waals surface area contributed by atoms with Crippen molar-refractivity contribution in [1.82, 2.24) is 5.32 Å². The number of hydrogen-bond acceptors (Lipinski definition) is 2. The van der Waals surface area contributed by atoms with E-state index in [1.807, 2.05) is 0 Å². The largest absolute Gasteiger partial charge is 0.397 e. The number of hydrogen-bond donors (Lipinski definition) is 1. The van der Waals surface area contributed by atoms with Gasteiger partial charge in [-0.1, -0.05) is 39.2 Å². The second kappa shape index (κ2) is 8.50. The SMILES string of the molecule is C=C(NCCCCCCC)C(F)(F)OCC. The molecule has 0 saturated heterocycles. The molecule has 0 aromatic heterocycles. The Morgan fingerprint density at radius 2 is 1.81 bits per heavy atom. The first-order valence-electron chi connectivity index (χ1n) is 5.99. The molecule has 0 unspecified atom stereocenters. The van der Waals surface area contributed by atoms with E-state index in [2.05, 4.69) is 23.6 Å². The van der Waals surface area contributed by atoms with Crippen LogP contribution in [0.2, 0.25) is 0 Å². The highest BCUT2D eigenvalue weighted by Gasteiger charge is 2.33. The summed E-state index contributed by atoms with van der Waals surface area (Å²) in [5.41, 5.74) is -0.343. The van der Waals surface area contributed by atoms with Crippen molar-refractivity contribution in [3.63, 3.8) is 0 Å². The molecule has 0 aromatic carbocycles. The monoisotopic (exact) mass is 235 g/mol. The Kier molecular flexibility index (Phi) is 8.16. The second-order valence-corrected chi connectivity index (χ2v) is 3.77. The average Bonchev–Trinajstić information content (AvgIpc) is 2.22. The van der Waals surface area contributed by atoms with Gasteiger partial charge in [-0.25, -0.2) is 0 Å². The van der Waals surface area contributed by atoms with Crippen LogP contribution in [-0.2, 0) is 4.74 Å². The molecule has 0 spiro atoms. The quantitative estimate of drug-likeness (QED) is 0.583. The normalized spacial score (nSPS) is 11.5. The Balaban J connectivity index is 3.57. The van der Waals surface area contributed by atoms with Crippen LogP contribution in [0.25, 0.3) is 0 Å². The lowest BCUT2D eigenvalue weighted by molar-refractivity contribution is -0.208. The Labute approximate surface area is 97.1 Å². The first-order chi connectivity index (χ1) is 7.54. The fourth-order valence-corrected chi connectivity index (χ4v) is 1.34. The minimum Gasteiger partial charge on any atom is -0.382 e. The number of unbranched alkanes of at least 4 members (excludes halogenated alkanes) is 4. The van der Waals surface area contributed by atoms with Gasteiger partial charge in [0.15, 0.2) is 0 Å². The molecule has 0 aliphatic heterocycles.